The van der Waals surface area contributed by atoms with E-state index in [-0.39, 0.29) is 5.91 Å². The first-order chi connectivity index (χ1) is 8.20. The van der Waals surface area contributed by atoms with Crippen molar-refractivity contribution >= 4 is 16.7 Å². The van der Waals surface area contributed by atoms with Crippen molar-refractivity contribution in [3.8, 4) is 0 Å². The maximum Gasteiger partial charge on any atom is 0.251 e. The molecule has 5 N–H and O–H groups in total. The van der Waals surface area contributed by atoms with Crippen LogP contribution in [0.15, 0.2) is 42.5 Å². The first-order valence-corrected chi connectivity index (χ1v) is 5.44. The van der Waals surface area contributed by atoms with Crippen molar-refractivity contribution in [3.63, 3.8) is 0 Å². The summed E-state index contributed by atoms with van der Waals surface area (Å²) in [4.78, 5) is 11.2. The molecule has 0 heterocycles. The van der Waals surface area contributed by atoms with E-state index in [1.807, 2.05) is 42.5 Å². The van der Waals surface area contributed by atoms with Crippen LogP contribution in [0.5, 0.6) is 0 Å². The third kappa shape index (κ3) is 2.61. The Morgan fingerprint density at radius 1 is 1.18 bits per heavy atom. The largest absolute Gasteiger partial charge is 0.320 e. The van der Waals surface area contributed by atoms with Crippen molar-refractivity contribution in [2.75, 3.05) is 0 Å². The van der Waals surface area contributed by atoms with Gasteiger partial charge in [-0.15, -0.1) is 0 Å². The van der Waals surface area contributed by atoms with Crippen LogP contribution in [-0.4, -0.2) is 11.9 Å². The van der Waals surface area contributed by atoms with Crippen LogP contribution in [0, 0.1) is 0 Å². The van der Waals surface area contributed by atoms with Crippen LogP contribution in [0.3, 0.4) is 0 Å². The second-order valence-corrected chi connectivity index (χ2v) is 4.00. The van der Waals surface area contributed by atoms with Gasteiger partial charge in [-0.05, 0) is 22.8 Å². The van der Waals surface area contributed by atoms with Gasteiger partial charge in [0.05, 0.1) is 6.04 Å². The van der Waals surface area contributed by atoms with Gasteiger partial charge < -0.3 is 5.73 Å². The van der Waals surface area contributed by atoms with Crippen molar-refractivity contribution in [2.24, 2.45) is 11.6 Å². The maximum atomic E-state index is 11.2. The van der Waals surface area contributed by atoms with Crippen LogP contribution in [0.2, 0.25) is 0 Å². The number of nitrogens with two attached hydrogens (primary N) is 2. The van der Waals surface area contributed by atoms with E-state index in [0.717, 1.165) is 10.9 Å². The van der Waals surface area contributed by atoms with Gasteiger partial charge in [-0.1, -0.05) is 42.5 Å². The van der Waals surface area contributed by atoms with Gasteiger partial charge in [0.1, 0.15) is 0 Å². The highest BCUT2D eigenvalue weighted by molar-refractivity contribution is 5.84. The lowest BCUT2D eigenvalue weighted by molar-refractivity contribution is -0.122. The number of benzene rings is 2. The highest BCUT2D eigenvalue weighted by Crippen LogP contribution is 2.16. The summed E-state index contributed by atoms with van der Waals surface area (Å²) in [6.07, 6.45) is 0.480. The quantitative estimate of drug-likeness (QED) is 0.411. The van der Waals surface area contributed by atoms with E-state index in [1.165, 1.54) is 5.39 Å². The van der Waals surface area contributed by atoms with Crippen LogP contribution in [0.25, 0.3) is 10.8 Å². The minimum Gasteiger partial charge on any atom is -0.320 e. The number of hydrazine groups is 1. The molecule has 2 rings (SSSR count). The molecule has 0 bridgehead atoms. The van der Waals surface area contributed by atoms with Crippen LogP contribution in [-0.2, 0) is 11.2 Å². The second kappa shape index (κ2) is 4.95. The molecule has 1 unspecified atom stereocenters. The Kier molecular flexibility index (Phi) is 3.37. The molecule has 0 fully saturated rings. The highest BCUT2D eigenvalue weighted by Gasteiger charge is 2.12. The fraction of sp³-hybridized carbons (Fsp3) is 0.154. The number of carbonyl (C=O) groups excluding carboxylic acids is 1. The molecule has 0 aliphatic rings. The molecule has 4 nitrogen and oxygen atoms in total. The smallest absolute Gasteiger partial charge is 0.251 e. The first kappa shape index (κ1) is 11.6. The molecule has 0 aromatic heterocycles. The van der Waals surface area contributed by atoms with Crippen molar-refractivity contribution in [1.82, 2.24) is 5.43 Å². The minimum atomic E-state index is -0.610. The monoisotopic (exact) mass is 229 g/mol. The van der Waals surface area contributed by atoms with Crippen LogP contribution < -0.4 is 17.0 Å². The van der Waals surface area contributed by atoms with E-state index in [9.17, 15) is 4.79 Å². The van der Waals surface area contributed by atoms with Crippen molar-refractivity contribution in [3.05, 3.63) is 48.0 Å². The number of hydrogen-bond acceptors (Lipinski definition) is 3. The molecule has 1 atom stereocenters. The molecule has 0 radical (unpaired) electrons. The Morgan fingerprint density at radius 3 is 2.59 bits per heavy atom. The van der Waals surface area contributed by atoms with Crippen LogP contribution in [0.1, 0.15) is 5.56 Å². The molecule has 0 spiro atoms. The molecule has 17 heavy (non-hydrogen) atoms. The van der Waals surface area contributed by atoms with Gasteiger partial charge in [-0.2, -0.15) is 0 Å². The number of nitrogens with one attached hydrogen (secondary N) is 1. The van der Waals surface area contributed by atoms with E-state index < -0.39 is 6.04 Å². The van der Waals surface area contributed by atoms with Crippen molar-refractivity contribution in [2.45, 2.75) is 12.5 Å². The van der Waals surface area contributed by atoms with Gasteiger partial charge in [0.2, 0.25) is 0 Å². The summed E-state index contributed by atoms with van der Waals surface area (Å²) in [5, 5.41) is 2.32. The van der Waals surface area contributed by atoms with Crippen LogP contribution >= 0.6 is 0 Å². The lowest BCUT2D eigenvalue weighted by Gasteiger charge is -2.10. The SMILES string of the molecule is NNC(=O)C(N)Cc1ccc2ccccc2c1. The zero-order valence-corrected chi connectivity index (χ0v) is 9.39. The Morgan fingerprint density at radius 2 is 1.88 bits per heavy atom. The highest BCUT2D eigenvalue weighted by atomic mass is 16.2. The number of amides is 1. The summed E-state index contributed by atoms with van der Waals surface area (Å²) < 4.78 is 0. The zero-order valence-electron chi connectivity index (χ0n) is 9.39. The normalized spacial score (nSPS) is 12.4. The molecule has 4 heteroatoms. The van der Waals surface area contributed by atoms with Gasteiger partial charge >= 0.3 is 0 Å². The molecule has 0 aliphatic carbocycles. The molecular formula is C13H15N3O. The fourth-order valence-corrected chi connectivity index (χ4v) is 1.82. The van der Waals surface area contributed by atoms with Gasteiger partial charge in [-0.3, -0.25) is 10.2 Å². The number of fused-ring (bicyclic) bond motifs is 1. The van der Waals surface area contributed by atoms with E-state index in [2.05, 4.69) is 5.43 Å². The van der Waals surface area contributed by atoms with Gasteiger partial charge in [-0.25, -0.2) is 5.84 Å². The second-order valence-electron chi connectivity index (χ2n) is 4.00. The lowest BCUT2D eigenvalue weighted by Crippen LogP contribution is -2.45. The van der Waals surface area contributed by atoms with E-state index in [4.69, 9.17) is 11.6 Å². The molecule has 0 saturated heterocycles. The third-order valence-electron chi connectivity index (χ3n) is 2.75. The molecule has 0 aliphatic heterocycles. The molecule has 1 amide bonds. The van der Waals surface area contributed by atoms with E-state index in [0.29, 0.717) is 6.42 Å². The Balaban J connectivity index is 2.22. The molecule has 2 aromatic rings. The Hall–Kier alpha value is -1.91. The fourth-order valence-electron chi connectivity index (χ4n) is 1.82. The van der Waals surface area contributed by atoms with E-state index in [1.54, 1.807) is 0 Å². The van der Waals surface area contributed by atoms with Crippen LogP contribution in [0.4, 0.5) is 0 Å². The summed E-state index contributed by atoms with van der Waals surface area (Å²) in [6.45, 7) is 0. The molecule has 88 valence electrons. The Labute approximate surface area is 99.6 Å². The average Bonchev–Trinajstić information content (AvgIpc) is 2.37. The molecule has 2 aromatic carbocycles. The van der Waals surface area contributed by atoms with Crippen molar-refractivity contribution < 1.29 is 4.79 Å². The summed E-state index contributed by atoms with van der Waals surface area (Å²) in [5.74, 6) is 4.69. The lowest BCUT2D eigenvalue weighted by atomic mass is 10.0. The molecule has 0 saturated carbocycles. The number of rotatable bonds is 3. The minimum absolute atomic E-state index is 0.349. The summed E-state index contributed by atoms with van der Waals surface area (Å²) >= 11 is 0. The number of hydrogen-bond donors (Lipinski definition) is 3. The van der Waals surface area contributed by atoms with E-state index >= 15 is 0 Å². The maximum absolute atomic E-state index is 11.2. The van der Waals surface area contributed by atoms with Gasteiger partial charge in [0, 0.05) is 0 Å². The standard InChI is InChI=1S/C13H15N3O/c14-12(13(17)16-15)8-9-5-6-10-3-1-2-4-11(10)7-9/h1-7,12H,8,14-15H2,(H,16,17). The first-order valence-electron chi connectivity index (χ1n) is 5.44. The topological polar surface area (TPSA) is 81.1 Å². The number of carbonyl (C=O) groups is 1. The van der Waals surface area contributed by atoms with Gasteiger partial charge in [0.15, 0.2) is 0 Å². The van der Waals surface area contributed by atoms with Gasteiger partial charge in [0.25, 0.3) is 5.91 Å². The summed E-state index contributed by atoms with van der Waals surface area (Å²) in [6, 6.07) is 13.5. The predicted octanol–water partition coefficient (Wildman–Crippen LogP) is 0.700. The predicted molar refractivity (Wildman–Crippen MR) is 68.0 cm³/mol. The molecular weight excluding hydrogens is 214 g/mol. The zero-order chi connectivity index (χ0) is 12.3. The third-order valence-corrected chi connectivity index (χ3v) is 2.75. The summed E-state index contributed by atoms with van der Waals surface area (Å²) in [7, 11) is 0. The van der Waals surface area contributed by atoms with Crippen molar-refractivity contribution in [1.29, 1.82) is 0 Å². The Bertz CT molecular complexity index is 539. The summed E-state index contributed by atoms with van der Waals surface area (Å²) in [5.41, 5.74) is 8.80. The average molecular weight is 229 g/mol.